The predicted octanol–water partition coefficient (Wildman–Crippen LogP) is 5.06. The first-order chi connectivity index (χ1) is 9.08. The summed E-state index contributed by atoms with van der Waals surface area (Å²) < 4.78 is 0. The Balaban J connectivity index is 2.08. The first-order valence-electron chi connectivity index (χ1n) is 6.65. The molecule has 0 radical (unpaired) electrons. The Bertz CT molecular complexity index is 533. The van der Waals surface area contributed by atoms with Crippen molar-refractivity contribution < 1.29 is 0 Å². The molecule has 0 saturated carbocycles. The van der Waals surface area contributed by atoms with Gasteiger partial charge in [-0.2, -0.15) is 0 Å². The smallest absolute Gasteiger partial charge is 0.0453 e. The highest BCUT2D eigenvalue weighted by atomic mass is 35.5. The third kappa shape index (κ3) is 3.59. The van der Waals surface area contributed by atoms with Gasteiger partial charge in [-0.1, -0.05) is 59.6 Å². The van der Waals surface area contributed by atoms with Crippen LogP contribution in [0.5, 0.6) is 0 Å². The lowest BCUT2D eigenvalue weighted by Crippen LogP contribution is -2.22. The average molecular weight is 274 g/mol. The van der Waals surface area contributed by atoms with Crippen LogP contribution in [0.15, 0.2) is 48.5 Å². The summed E-state index contributed by atoms with van der Waals surface area (Å²) in [6.07, 6.45) is 0. The highest BCUT2D eigenvalue weighted by molar-refractivity contribution is 6.31. The number of hydrogen-bond donors (Lipinski definition) is 1. The lowest BCUT2D eigenvalue weighted by atomic mass is 10.0. The van der Waals surface area contributed by atoms with Crippen LogP contribution < -0.4 is 5.32 Å². The van der Waals surface area contributed by atoms with E-state index < -0.39 is 0 Å². The predicted molar refractivity (Wildman–Crippen MR) is 82.6 cm³/mol. The SMILES string of the molecule is Cc1ccc(C(C)NC(C)c2ccccc2Cl)cc1. The molecule has 0 amide bonds. The molecule has 0 aromatic heterocycles. The second kappa shape index (κ2) is 6.23. The molecule has 2 aromatic carbocycles. The summed E-state index contributed by atoms with van der Waals surface area (Å²) in [6, 6.07) is 17.2. The molecule has 19 heavy (non-hydrogen) atoms. The zero-order valence-electron chi connectivity index (χ0n) is 11.7. The molecule has 0 fully saturated rings. The lowest BCUT2D eigenvalue weighted by Gasteiger charge is -2.21. The molecule has 1 N–H and O–H groups in total. The van der Waals surface area contributed by atoms with Crippen molar-refractivity contribution in [3.8, 4) is 0 Å². The zero-order chi connectivity index (χ0) is 13.8. The average Bonchev–Trinajstić information content (AvgIpc) is 2.39. The summed E-state index contributed by atoms with van der Waals surface area (Å²) in [5.74, 6) is 0. The maximum atomic E-state index is 6.23. The van der Waals surface area contributed by atoms with Crippen molar-refractivity contribution in [3.63, 3.8) is 0 Å². The normalized spacial score (nSPS) is 14.1. The molecule has 0 spiro atoms. The largest absolute Gasteiger partial charge is 0.304 e. The van der Waals surface area contributed by atoms with Crippen LogP contribution >= 0.6 is 11.6 Å². The minimum atomic E-state index is 0.227. The van der Waals surface area contributed by atoms with Crippen LogP contribution in [0.25, 0.3) is 0 Å². The number of aryl methyl sites for hydroxylation is 1. The summed E-state index contributed by atoms with van der Waals surface area (Å²) in [6.45, 7) is 6.43. The Hall–Kier alpha value is -1.31. The van der Waals surface area contributed by atoms with Crippen molar-refractivity contribution in [2.45, 2.75) is 32.9 Å². The van der Waals surface area contributed by atoms with E-state index in [2.05, 4.69) is 56.4 Å². The van der Waals surface area contributed by atoms with Gasteiger partial charge in [0, 0.05) is 17.1 Å². The zero-order valence-corrected chi connectivity index (χ0v) is 12.4. The van der Waals surface area contributed by atoms with Gasteiger partial charge >= 0.3 is 0 Å². The molecule has 2 aromatic rings. The van der Waals surface area contributed by atoms with Gasteiger partial charge in [0.05, 0.1) is 0 Å². The molecule has 0 aliphatic heterocycles. The van der Waals surface area contributed by atoms with Gasteiger partial charge in [-0.15, -0.1) is 0 Å². The quantitative estimate of drug-likeness (QED) is 0.821. The molecule has 100 valence electrons. The van der Waals surface area contributed by atoms with Crippen LogP contribution in [0, 0.1) is 6.92 Å². The summed E-state index contributed by atoms with van der Waals surface area (Å²) in [5, 5.41) is 4.41. The summed E-state index contributed by atoms with van der Waals surface area (Å²) in [4.78, 5) is 0. The Labute approximate surface area is 120 Å². The Morgan fingerprint density at radius 2 is 1.53 bits per heavy atom. The third-order valence-corrected chi connectivity index (χ3v) is 3.79. The maximum Gasteiger partial charge on any atom is 0.0453 e. The van der Waals surface area contributed by atoms with Crippen LogP contribution in [-0.4, -0.2) is 0 Å². The Morgan fingerprint density at radius 3 is 2.16 bits per heavy atom. The van der Waals surface area contributed by atoms with Crippen molar-refractivity contribution in [1.82, 2.24) is 5.32 Å². The van der Waals surface area contributed by atoms with Gasteiger partial charge in [0.1, 0.15) is 0 Å². The molecule has 2 heteroatoms. The van der Waals surface area contributed by atoms with Crippen LogP contribution in [-0.2, 0) is 0 Å². The van der Waals surface area contributed by atoms with Crippen LogP contribution in [0.3, 0.4) is 0 Å². The third-order valence-electron chi connectivity index (χ3n) is 3.45. The van der Waals surface area contributed by atoms with E-state index in [1.807, 2.05) is 18.2 Å². The van der Waals surface area contributed by atoms with Gasteiger partial charge in [-0.25, -0.2) is 0 Å². The van der Waals surface area contributed by atoms with Gasteiger partial charge in [0.15, 0.2) is 0 Å². The number of hydrogen-bond acceptors (Lipinski definition) is 1. The van der Waals surface area contributed by atoms with E-state index in [4.69, 9.17) is 11.6 Å². The Morgan fingerprint density at radius 1 is 0.895 bits per heavy atom. The highest BCUT2D eigenvalue weighted by Crippen LogP contribution is 2.25. The number of rotatable bonds is 4. The first-order valence-corrected chi connectivity index (χ1v) is 7.03. The van der Waals surface area contributed by atoms with E-state index in [0.717, 1.165) is 10.6 Å². The molecule has 0 aliphatic carbocycles. The van der Waals surface area contributed by atoms with Gasteiger partial charge in [0.25, 0.3) is 0 Å². The van der Waals surface area contributed by atoms with E-state index in [-0.39, 0.29) is 6.04 Å². The van der Waals surface area contributed by atoms with Crippen molar-refractivity contribution >= 4 is 11.6 Å². The minimum absolute atomic E-state index is 0.227. The summed E-state index contributed by atoms with van der Waals surface area (Å²) >= 11 is 6.23. The summed E-state index contributed by atoms with van der Waals surface area (Å²) in [5.41, 5.74) is 3.72. The van der Waals surface area contributed by atoms with Crippen molar-refractivity contribution in [2.24, 2.45) is 0 Å². The van der Waals surface area contributed by atoms with Crippen molar-refractivity contribution in [1.29, 1.82) is 0 Å². The molecule has 0 saturated heterocycles. The monoisotopic (exact) mass is 273 g/mol. The van der Waals surface area contributed by atoms with Crippen LogP contribution in [0.1, 0.15) is 42.6 Å². The first kappa shape index (κ1) is 14.1. The molecule has 2 atom stereocenters. The molecule has 2 rings (SSSR count). The fourth-order valence-corrected chi connectivity index (χ4v) is 2.54. The van der Waals surface area contributed by atoms with Crippen LogP contribution in [0.2, 0.25) is 5.02 Å². The fraction of sp³-hybridized carbons (Fsp3) is 0.294. The van der Waals surface area contributed by atoms with Gasteiger partial charge in [-0.3, -0.25) is 0 Å². The molecule has 2 unspecified atom stereocenters. The minimum Gasteiger partial charge on any atom is -0.304 e. The van der Waals surface area contributed by atoms with E-state index in [1.165, 1.54) is 11.1 Å². The molecule has 1 nitrogen and oxygen atoms in total. The molecular formula is C17H20ClN. The van der Waals surface area contributed by atoms with Gasteiger partial charge < -0.3 is 5.32 Å². The van der Waals surface area contributed by atoms with Gasteiger partial charge in [-0.05, 0) is 38.0 Å². The topological polar surface area (TPSA) is 12.0 Å². The van der Waals surface area contributed by atoms with Gasteiger partial charge in [0.2, 0.25) is 0 Å². The van der Waals surface area contributed by atoms with Crippen molar-refractivity contribution in [2.75, 3.05) is 0 Å². The fourth-order valence-electron chi connectivity index (χ4n) is 2.24. The second-order valence-corrected chi connectivity index (χ2v) is 5.45. The number of halogens is 1. The molecular weight excluding hydrogens is 254 g/mol. The second-order valence-electron chi connectivity index (χ2n) is 5.04. The number of benzene rings is 2. The van der Waals surface area contributed by atoms with Crippen LogP contribution in [0.4, 0.5) is 0 Å². The molecule has 0 heterocycles. The Kier molecular flexibility index (Phi) is 4.62. The lowest BCUT2D eigenvalue weighted by molar-refractivity contribution is 0.495. The standard InChI is InChI=1S/C17H20ClN/c1-12-8-10-15(11-9-12)13(2)19-14(3)16-6-4-5-7-17(16)18/h4-11,13-14,19H,1-3H3. The van der Waals surface area contributed by atoms with E-state index in [0.29, 0.717) is 6.04 Å². The number of nitrogens with one attached hydrogen (secondary N) is 1. The highest BCUT2D eigenvalue weighted by Gasteiger charge is 2.13. The van der Waals surface area contributed by atoms with E-state index >= 15 is 0 Å². The maximum absolute atomic E-state index is 6.23. The summed E-state index contributed by atoms with van der Waals surface area (Å²) in [7, 11) is 0. The van der Waals surface area contributed by atoms with E-state index in [1.54, 1.807) is 0 Å². The molecule has 0 bridgehead atoms. The molecule has 0 aliphatic rings. The van der Waals surface area contributed by atoms with E-state index in [9.17, 15) is 0 Å². The van der Waals surface area contributed by atoms with Crippen molar-refractivity contribution in [3.05, 3.63) is 70.2 Å².